The molecule has 1 rings (SSSR count). The monoisotopic (exact) mass is 213 g/mol. The van der Waals surface area contributed by atoms with Crippen LogP contribution in [0, 0.1) is 0 Å². The smallest absolute Gasteiger partial charge is 0.251 e. The lowest BCUT2D eigenvalue weighted by molar-refractivity contribution is -0.130. The first-order valence-electron chi connectivity index (χ1n) is 5.82. The summed E-state index contributed by atoms with van der Waals surface area (Å²) in [6.07, 6.45) is 3.59. The lowest BCUT2D eigenvalue weighted by Crippen LogP contribution is -2.57. The van der Waals surface area contributed by atoms with E-state index in [1.54, 1.807) is 7.05 Å². The SMILES string of the molecule is CNC(C)C(=O)NN1C(C)CCCC1C. The van der Waals surface area contributed by atoms with E-state index in [0.29, 0.717) is 12.1 Å². The molecular formula is C11H23N3O. The van der Waals surface area contributed by atoms with Crippen LogP contribution in [0.4, 0.5) is 0 Å². The van der Waals surface area contributed by atoms with E-state index in [2.05, 4.69) is 29.6 Å². The molecule has 0 aliphatic carbocycles. The molecule has 15 heavy (non-hydrogen) atoms. The second-order valence-electron chi connectivity index (χ2n) is 4.52. The van der Waals surface area contributed by atoms with Crippen molar-refractivity contribution in [1.82, 2.24) is 15.8 Å². The van der Waals surface area contributed by atoms with E-state index in [1.807, 2.05) is 6.92 Å². The van der Waals surface area contributed by atoms with Crippen LogP contribution in [0.3, 0.4) is 0 Å². The van der Waals surface area contributed by atoms with E-state index in [1.165, 1.54) is 19.3 Å². The maximum Gasteiger partial charge on any atom is 0.251 e. The van der Waals surface area contributed by atoms with Crippen LogP contribution >= 0.6 is 0 Å². The summed E-state index contributed by atoms with van der Waals surface area (Å²) in [4.78, 5) is 11.7. The van der Waals surface area contributed by atoms with Crippen molar-refractivity contribution < 1.29 is 4.79 Å². The van der Waals surface area contributed by atoms with Crippen molar-refractivity contribution in [3.63, 3.8) is 0 Å². The van der Waals surface area contributed by atoms with E-state index < -0.39 is 0 Å². The molecule has 1 aliphatic heterocycles. The first-order valence-corrected chi connectivity index (χ1v) is 5.82. The van der Waals surface area contributed by atoms with Crippen LogP contribution in [0.2, 0.25) is 0 Å². The normalized spacial score (nSPS) is 29.9. The van der Waals surface area contributed by atoms with Gasteiger partial charge in [-0.3, -0.25) is 10.2 Å². The van der Waals surface area contributed by atoms with Gasteiger partial charge in [0.15, 0.2) is 0 Å². The number of rotatable bonds is 3. The van der Waals surface area contributed by atoms with Crippen LogP contribution in [0.5, 0.6) is 0 Å². The third-order valence-electron chi connectivity index (χ3n) is 3.26. The predicted octanol–water partition coefficient (Wildman–Crippen LogP) is 0.888. The summed E-state index contributed by atoms with van der Waals surface area (Å²) in [7, 11) is 1.80. The fraction of sp³-hybridized carbons (Fsp3) is 0.909. The van der Waals surface area contributed by atoms with Gasteiger partial charge in [0.25, 0.3) is 5.91 Å². The van der Waals surface area contributed by atoms with Gasteiger partial charge in [0.1, 0.15) is 0 Å². The number of nitrogens with one attached hydrogen (secondary N) is 2. The van der Waals surface area contributed by atoms with Crippen molar-refractivity contribution in [1.29, 1.82) is 0 Å². The van der Waals surface area contributed by atoms with Gasteiger partial charge < -0.3 is 5.32 Å². The van der Waals surface area contributed by atoms with Gasteiger partial charge in [0, 0.05) is 12.1 Å². The zero-order valence-electron chi connectivity index (χ0n) is 10.2. The van der Waals surface area contributed by atoms with E-state index in [4.69, 9.17) is 0 Å². The summed E-state index contributed by atoms with van der Waals surface area (Å²) < 4.78 is 0. The highest BCUT2D eigenvalue weighted by Gasteiger charge is 2.26. The number of carbonyl (C=O) groups excluding carboxylic acids is 1. The number of hydrogen-bond donors (Lipinski definition) is 2. The Morgan fingerprint density at radius 2 is 1.87 bits per heavy atom. The number of amides is 1. The second kappa shape index (κ2) is 5.47. The highest BCUT2D eigenvalue weighted by Crippen LogP contribution is 2.20. The summed E-state index contributed by atoms with van der Waals surface area (Å²) in [5.74, 6) is 0.0538. The molecular weight excluding hydrogens is 190 g/mol. The summed E-state index contributed by atoms with van der Waals surface area (Å²) in [5.41, 5.74) is 3.00. The molecule has 3 unspecified atom stereocenters. The minimum atomic E-state index is -0.133. The Hall–Kier alpha value is -0.610. The van der Waals surface area contributed by atoms with Gasteiger partial charge in [-0.15, -0.1) is 0 Å². The highest BCUT2D eigenvalue weighted by molar-refractivity contribution is 5.80. The molecule has 0 spiro atoms. The molecule has 1 aliphatic rings. The van der Waals surface area contributed by atoms with Gasteiger partial charge >= 0.3 is 0 Å². The average molecular weight is 213 g/mol. The molecule has 2 N–H and O–H groups in total. The third kappa shape index (κ3) is 3.18. The molecule has 0 aromatic heterocycles. The van der Waals surface area contributed by atoms with E-state index >= 15 is 0 Å². The van der Waals surface area contributed by atoms with Gasteiger partial charge in [-0.25, -0.2) is 5.01 Å². The van der Waals surface area contributed by atoms with Crippen LogP contribution in [-0.2, 0) is 4.79 Å². The average Bonchev–Trinajstić information content (AvgIpc) is 2.22. The number of likely N-dealkylation sites (N-methyl/N-ethyl adjacent to an activating group) is 1. The van der Waals surface area contributed by atoms with Crippen molar-refractivity contribution >= 4 is 5.91 Å². The van der Waals surface area contributed by atoms with Crippen LogP contribution in [-0.4, -0.2) is 36.1 Å². The second-order valence-corrected chi connectivity index (χ2v) is 4.52. The molecule has 4 heteroatoms. The molecule has 88 valence electrons. The summed E-state index contributed by atoms with van der Waals surface area (Å²) in [6.45, 7) is 6.20. The summed E-state index contributed by atoms with van der Waals surface area (Å²) >= 11 is 0. The minimum Gasteiger partial charge on any atom is -0.309 e. The fourth-order valence-electron chi connectivity index (χ4n) is 2.00. The molecule has 3 atom stereocenters. The largest absolute Gasteiger partial charge is 0.309 e. The summed E-state index contributed by atoms with van der Waals surface area (Å²) in [6, 6.07) is 0.759. The first kappa shape index (κ1) is 12.5. The van der Waals surface area contributed by atoms with E-state index in [9.17, 15) is 4.79 Å². The zero-order valence-corrected chi connectivity index (χ0v) is 10.2. The molecule has 4 nitrogen and oxygen atoms in total. The molecule has 1 saturated heterocycles. The van der Waals surface area contributed by atoms with Crippen LogP contribution in [0.1, 0.15) is 40.0 Å². The number of nitrogens with zero attached hydrogens (tertiary/aromatic N) is 1. The third-order valence-corrected chi connectivity index (χ3v) is 3.26. The van der Waals surface area contributed by atoms with Gasteiger partial charge in [-0.1, -0.05) is 6.42 Å². The number of hydrazine groups is 1. The standard InChI is InChI=1S/C11H23N3O/c1-8-6-5-7-9(2)14(8)13-11(15)10(3)12-4/h8-10,12H,5-7H2,1-4H3,(H,13,15). The van der Waals surface area contributed by atoms with Crippen LogP contribution in [0.15, 0.2) is 0 Å². The Bertz CT molecular complexity index is 210. The van der Waals surface area contributed by atoms with Gasteiger partial charge in [-0.2, -0.15) is 0 Å². The van der Waals surface area contributed by atoms with Crippen molar-refractivity contribution in [2.24, 2.45) is 0 Å². The lowest BCUT2D eigenvalue weighted by atomic mass is 10.00. The van der Waals surface area contributed by atoms with E-state index in [0.717, 1.165) is 0 Å². The van der Waals surface area contributed by atoms with Crippen molar-refractivity contribution in [2.45, 2.75) is 58.2 Å². The fourth-order valence-corrected chi connectivity index (χ4v) is 2.00. The molecule has 1 amide bonds. The van der Waals surface area contributed by atoms with Crippen molar-refractivity contribution in [3.8, 4) is 0 Å². The Balaban J connectivity index is 2.51. The number of carbonyl (C=O) groups is 1. The first-order chi connectivity index (χ1) is 7.06. The maximum atomic E-state index is 11.7. The topological polar surface area (TPSA) is 44.4 Å². The van der Waals surface area contributed by atoms with Gasteiger partial charge in [0.2, 0.25) is 0 Å². The van der Waals surface area contributed by atoms with Crippen molar-refractivity contribution in [3.05, 3.63) is 0 Å². The highest BCUT2D eigenvalue weighted by atomic mass is 16.2. The summed E-state index contributed by atoms with van der Waals surface area (Å²) in [5, 5.41) is 5.04. The molecule has 0 aromatic rings. The Labute approximate surface area is 92.4 Å². The minimum absolute atomic E-state index is 0.0538. The van der Waals surface area contributed by atoms with Crippen molar-refractivity contribution in [2.75, 3.05) is 7.05 Å². The van der Waals surface area contributed by atoms with Gasteiger partial charge in [-0.05, 0) is 40.7 Å². The van der Waals surface area contributed by atoms with Gasteiger partial charge in [0.05, 0.1) is 6.04 Å². The Kier molecular flexibility index (Phi) is 4.54. The molecule has 0 aromatic carbocycles. The lowest BCUT2D eigenvalue weighted by Gasteiger charge is -2.39. The maximum absolute atomic E-state index is 11.7. The Morgan fingerprint density at radius 3 is 2.33 bits per heavy atom. The quantitative estimate of drug-likeness (QED) is 0.732. The molecule has 1 fully saturated rings. The number of hydrogen-bond acceptors (Lipinski definition) is 3. The molecule has 0 bridgehead atoms. The van der Waals surface area contributed by atoms with Crippen LogP contribution in [0.25, 0.3) is 0 Å². The molecule has 1 heterocycles. The molecule has 0 radical (unpaired) electrons. The van der Waals surface area contributed by atoms with Crippen LogP contribution < -0.4 is 10.7 Å². The van der Waals surface area contributed by atoms with E-state index in [-0.39, 0.29) is 11.9 Å². The molecule has 0 saturated carbocycles. The zero-order chi connectivity index (χ0) is 11.4. The number of piperidine rings is 1. The Morgan fingerprint density at radius 1 is 1.33 bits per heavy atom. The predicted molar refractivity (Wildman–Crippen MR) is 61.3 cm³/mol.